The molecule has 0 saturated heterocycles. The van der Waals surface area contributed by atoms with Crippen LogP contribution in [0.4, 0.5) is 13.2 Å². The Kier molecular flexibility index (Phi) is 6.40. The highest BCUT2D eigenvalue weighted by molar-refractivity contribution is 5.89. The smallest absolute Gasteiger partial charge is 0.350 e. The minimum atomic E-state index is -0.776. The van der Waals surface area contributed by atoms with Crippen molar-refractivity contribution in [3.63, 3.8) is 0 Å². The molecule has 2 aromatic heterocycles. The molecule has 0 N–H and O–H groups in total. The Morgan fingerprint density at radius 2 is 1.74 bits per heavy atom. The van der Waals surface area contributed by atoms with Crippen molar-refractivity contribution in [2.45, 2.75) is 26.9 Å². The van der Waals surface area contributed by atoms with Gasteiger partial charge >= 0.3 is 11.7 Å². The normalized spacial score (nSPS) is 11.1. The summed E-state index contributed by atoms with van der Waals surface area (Å²) >= 11 is 0. The van der Waals surface area contributed by atoms with Crippen LogP contribution in [0.25, 0.3) is 5.69 Å². The van der Waals surface area contributed by atoms with E-state index in [1.54, 1.807) is 30.7 Å². The molecule has 0 radical (unpaired) electrons. The average Bonchev–Trinajstić information content (AvgIpc) is 3.35. The number of aromatic nitrogens is 4. The lowest BCUT2D eigenvalue weighted by Gasteiger charge is -2.09. The van der Waals surface area contributed by atoms with Crippen LogP contribution in [0.3, 0.4) is 0 Å². The first kappa shape index (κ1) is 23.1. The van der Waals surface area contributed by atoms with Crippen molar-refractivity contribution in [1.82, 2.24) is 18.9 Å². The van der Waals surface area contributed by atoms with Crippen LogP contribution in [0.5, 0.6) is 0 Å². The van der Waals surface area contributed by atoms with E-state index in [0.717, 1.165) is 39.5 Å². The summed E-state index contributed by atoms with van der Waals surface area (Å²) < 4.78 is 51.4. The fourth-order valence-electron chi connectivity index (χ4n) is 3.56. The number of carbonyl (C=O) groups excluding carboxylic acids is 1. The van der Waals surface area contributed by atoms with Crippen LogP contribution in [0.1, 0.15) is 34.1 Å². The molecule has 7 nitrogen and oxygen atoms in total. The zero-order chi connectivity index (χ0) is 24.4. The third-order valence-corrected chi connectivity index (χ3v) is 5.37. The zero-order valence-corrected chi connectivity index (χ0v) is 18.5. The van der Waals surface area contributed by atoms with Crippen molar-refractivity contribution in [2.24, 2.45) is 0 Å². The summed E-state index contributed by atoms with van der Waals surface area (Å²) in [4.78, 5) is 24.6. The molecule has 4 aromatic rings. The number of hydrogen-bond acceptors (Lipinski definition) is 4. The van der Waals surface area contributed by atoms with Gasteiger partial charge in [-0.2, -0.15) is 9.78 Å². The lowest BCUT2D eigenvalue weighted by atomic mass is 10.2. The van der Waals surface area contributed by atoms with Crippen molar-refractivity contribution in [3.05, 3.63) is 105 Å². The molecule has 2 heterocycles. The highest BCUT2D eigenvalue weighted by Gasteiger charge is 2.16. The minimum absolute atomic E-state index is 0.160. The fourth-order valence-corrected chi connectivity index (χ4v) is 3.56. The maximum Gasteiger partial charge on any atom is 0.350 e. The molecular weight excluding hydrogens is 449 g/mol. The quantitative estimate of drug-likeness (QED) is 0.385. The first-order valence-corrected chi connectivity index (χ1v) is 10.5. The Labute approximate surface area is 192 Å². The predicted octanol–water partition coefficient (Wildman–Crippen LogP) is 3.83. The summed E-state index contributed by atoms with van der Waals surface area (Å²) in [6.07, 6.45) is 2.73. The van der Waals surface area contributed by atoms with Crippen LogP contribution >= 0.6 is 0 Å². The van der Waals surface area contributed by atoms with E-state index >= 15 is 0 Å². The van der Waals surface area contributed by atoms with Gasteiger partial charge in [-0.15, -0.1) is 0 Å². The van der Waals surface area contributed by atoms with Gasteiger partial charge in [0.25, 0.3) is 0 Å². The second-order valence-corrected chi connectivity index (χ2v) is 7.65. The molecule has 0 spiro atoms. The van der Waals surface area contributed by atoms with Crippen molar-refractivity contribution in [3.8, 4) is 5.69 Å². The van der Waals surface area contributed by atoms with Crippen molar-refractivity contribution < 1.29 is 22.7 Å². The van der Waals surface area contributed by atoms with Gasteiger partial charge in [-0.1, -0.05) is 12.1 Å². The number of esters is 1. The molecule has 10 heteroatoms. The van der Waals surface area contributed by atoms with Crippen LogP contribution in [-0.2, 0) is 17.8 Å². The SMILES string of the molecule is CCOC(=O)c1cc(C)n(Cc2ccc(-n3ncn(Cc4c(F)cccc4F)c3=O)cc2F)c1. The van der Waals surface area contributed by atoms with E-state index in [2.05, 4.69) is 5.10 Å². The third-order valence-electron chi connectivity index (χ3n) is 5.37. The highest BCUT2D eigenvalue weighted by Crippen LogP contribution is 2.18. The van der Waals surface area contributed by atoms with Gasteiger partial charge in [0.15, 0.2) is 0 Å². The van der Waals surface area contributed by atoms with Crippen LogP contribution in [0.2, 0.25) is 0 Å². The Bertz CT molecular complexity index is 1400. The fraction of sp³-hybridized carbons (Fsp3) is 0.208. The van der Waals surface area contributed by atoms with E-state index in [1.807, 2.05) is 0 Å². The molecule has 0 atom stereocenters. The molecular formula is C24H21F3N4O3. The maximum absolute atomic E-state index is 14.9. The molecule has 2 aromatic carbocycles. The van der Waals surface area contributed by atoms with Crippen LogP contribution < -0.4 is 5.69 Å². The van der Waals surface area contributed by atoms with Gasteiger partial charge < -0.3 is 9.30 Å². The van der Waals surface area contributed by atoms with Crippen molar-refractivity contribution in [2.75, 3.05) is 6.61 Å². The van der Waals surface area contributed by atoms with E-state index in [9.17, 15) is 22.8 Å². The first-order valence-electron chi connectivity index (χ1n) is 10.5. The molecule has 0 aliphatic rings. The molecule has 0 fully saturated rings. The molecule has 176 valence electrons. The molecule has 0 amide bonds. The maximum atomic E-state index is 14.9. The average molecular weight is 470 g/mol. The van der Waals surface area contributed by atoms with Crippen LogP contribution in [-0.4, -0.2) is 31.5 Å². The Morgan fingerprint density at radius 3 is 2.41 bits per heavy atom. The number of rotatable bonds is 7. The summed E-state index contributed by atoms with van der Waals surface area (Å²) in [7, 11) is 0. The Balaban J connectivity index is 1.57. The lowest BCUT2D eigenvalue weighted by molar-refractivity contribution is 0.0526. The van der Waals surface area contributed by atoms with Gasteiger partial charge in [0.05, 0.1) is 30.9 Å². The van der Waals surface area contributed by atoms with Crippen molar-refractivity contribution >= 4 is 5.97 Å². The molecule has 34 heavy (non-hydrogen) atoms. The number of carbonyl (C=O) groups is 1. The molecule has 0 saturated carbocycles. The summed E-state index contributed by atoms with van der Waals surface area (Å²) in [6.45, 7) is 3.56. The molecule has 0 aliphatic carbocycles. The second kappa shape index (κ2) is 9.42. The number of ether oxygens (including phenoxy) is 1. The summed E-state index contributed by atoms with van der Waals surface area (Å²) in [6, 6.07) is 9.28. The molecule has 0 unspecified atom stereocenters. The van der Waals surface area contributed by atoms with Gasteiger partial charge in [-0.05, 0) is 38.1 Å². The predicted molar refractivity (Wildman–Crippen MR) is 117 cm³/mol. The summed E-state index contributed by atoms with van der Waals surface area (Å²) in [5.74, 6) is -2.58. The second-order valence-electron chi connectivity index (χ2n) is 7.65. The Hall–Kier alpha value is -4.08. The molecule has 0 aliphatic heterocycles. The van der Waals surface area contributed by atoms with Crippen LogP contribution in [0, 0.1) is 24.4 Å². The van der Waals surface area contributed by atoms with Gasteiger partial charge in [0.2, 0.25) is 0 Å². The van der Waals surface area contributed by atoms with E-state index < -0.39 is 29.1 Å². The number of aryl methyl sites for hydroxylation is 1. The van der Waals surface area contributed by atoms with E-state index in [4.69, 9.17) is 4.74 Å². The van der Waals surface area contributed by atoms with Gasteiger partial charge in [0.1, 0.15) is 23.8 Å². The highest BCUT2D eigenvalue weighted by atomic mass is 19.1. The minimum Gasteiger partial charge on any atom is -0.462 e. The standard InChI is InChI=1S/C24H21F3N4O3/c1-3-34-23(32)17-9-15(2)29(12-17)11-16-7-8-18(10-22(16)27)31-24(33)30(14-28-31)13-19-20(25)5-4-6-21(19)26/h4-10,12,14H,3,11,13H2,1-2H3. The van der Waals surface area contributed by atoms with Gasteiger partial charge in [0, 0.05) is 29.1 Å². The van der Waals surface area contributed by atoms with E-state index in [1.165, 1.54) is 18.2 Å². The van der Waals surface area contributed by atoms with Gasteiger partial charge in [-0.25, -0.2) is 22.8 Å². The monoisotopic (exact) mass is 470 g/mol. The topological polar surface area (TPSA) is 71.0 Å². The first-order chi connectivity index (χ1) is 16.3. The zero-order valence-electron chi connectivity index (χ0n) is 18.5. The molecule has 0 bridgehead atoms. The third kappa shape index (κ3) is 4.52. The number of hydrogen-bond donors (Lipinski definition) is 0. The molecule has 4 rings (SSSR count). The van der Waals surface area contributed by atoms with Crippen LogP contribution in [0.15, 0.2) is 59.8 Å². The van der Waals surface area contributed by atoms with Crippen molar-refractivity contribution in [1.29, 1.82) is 0 Å². The summed E-state index contributed by atoms with van der Waals surface area (Å²) in [5.41, 5.74) is 0.681. The lowest BCUT2D eigenvalue weighted by Crippen LogP contribution is -2.24. The summed E-state index contributed by atoms with van der Waals surface area (Å²) in [5, 5.41) is 3.95. The largest absolute Gasteiger partial charge is 0.462 e. The van der Waals surface area contributed by atoms with E-state index in [0.29, 0.717) is 11.1 Å². The van der Waals surface area contributed by atoms with E-state index in [-0.39, 0.29) is 30.9 Å². The van der Waals surface area contributed by atoms with Gasteiger partial charge in [-0.3, -0.25) is 4.57 Å². The number of benzene rings is 2. The number of nitrogens with zero attached hydrogens (tertiary/aromatic N) is 4. The Morgan fingerprint density at radius 1 is 1.00 bits per heavy atom. The number of halogens is 3.